The zero-order valence-electron chi connectivity index (χ0n) is 7.84. The van der Waals surface area contributed by atoms with Gasteiger partial charge in [-0.3, -0.25) is 14.9 Å². The number of hydrogen-bond donors (Lipinski definition) is 1. The molecule has 1 rings (SSSR count). The van der Waals surface area contributed by atoms with Crippen molar-refractivity contribution in [3.05, 3.63) is 11.9 Å². The lowest BCUT2D eigenvalue weighted by Crippen LogP contribution is -2.33. The number of amides is 2. The van der Waals surface area contributed by atoms with Crippen molar-refractivity contribution in [2.45, 2.75) is 6.54 Å². The maximum Gasteiger partial charge on any atom is 0.413 e. The molecular weight excluding hydrogens is 204 g/mol. The molecule has 0 radical (unpaired) electrons. The molecule has 0 aliphatic heterocycles. The Morgan fingerprint density at radius 1 is 1.67 bits per heavy atom. The second-order valence-electron chi connectivity index (χ2n) is 2.50. The smallest absolute Gasteiger partial charge is 0.413 e. The zero-order chi connectivity index (χ0) is 11.3. The van der Waals surface area contributed by atoms with E-state index in [1.165, 1.54) is 6.20 Å². The second-order valence-corrected chi connectivity index (χ2v) is 2.50. The van der Waals surface area contributed by atoms with Crippen molar-refractivity contribution in [2.24, 2.45) is 0 Å². The van der Waals surface area contributed by atoms with E-state index in [0.717, 1.165) is 11.8 Å². The van der Waals surface area contributed by atoms with E-state index in [4.69, 9.17) is 0 Å². The van der Waals surface area contributed by atoms with Gasteiger partial charge in [0.05, 0.1) is 13.3 Å². The molecule has 0 spiro atoms. The topological polar surface area (TPSA) is 103 Å². The van der Waals surface area contributed by atoms with E-state index in [0.29, 0.717) is 6.29 Å². The first-order valence-electron chi connectivity index (χ1n) is 3.89. The van der Waals surface area contributed by atoms with Crippen molar-refractivity contribution in [3.8, 4) is 0 Å². The minimum absolute atomic E-state index is 0.112. The van der Waals surface area contributed by atoms with Crippen LogP contribution in [0.3, 0.4) is 0 Å². The molecule has 0 saturated carbocycles. The molecule has 8 nitrogen and oxygen atoms in total. The summed E-state index contributed by atoms with van der Waals surface area (Å²) < 4.78 is 5.34. The van der Waals surface area contributed by atoms with E-state index in [1.807, 2.05) is 5.32 Å². The van der Waals surface area contributed by atoms with Crippen molar-refractivity contribution in [1.29, 1.82) is 0 Å². The Morgan fingerprint density at radius 2 is 2.40 bits per heavy atom. The highest BCUT2D eigenvalue weighted by atomic mass is 16.5. The van der Waals surface area contributed by atoms with Gasteiger partial charge in [0.1, 0.15) is 12.2 Å². The highest BCUT2D eigenvalue weighted by molar-refractivity contribution is 5.91. The Hall–Kier alpha value is -2.25. The number of ether oxygens (including phenoxy) is 1. The summed E-state index contributed by atoms with van der Waals surface area (Å²) in [6.07, 6.45) is 0.932. The van der Waals surface area contributed by atoms with Crippen LogP contribution >= 0.6 is 0 Å². The molecule has 2 amide bonds. The molecule has 0 aliphatic rings. The Balaban J connectivity index is 2.51. The first-order valence-corrected chi connectivity index (χ1v) is 3.89. The summed E-state index contributed by atoms with van der Waals surface area (Å²) in [5, 5.41) is 8.85. The third-order valence-corrected chi connectivity index (χ3v) is 1.41. The van der Waals surface area contributed by atoms with Crippen LogP contribution in [0.15, 0.2) is 6.20 Å². The average molecular weight is 212 g/mol. The number of carbonyl (C=O) groups is 3. The van der Waals surface area contributed by atoms with Crippen LogP contribution < -0.4 is 5.32 Å². The molecule has 1 aromatic heterocycles. The van der Waals surface area contributed by atoms with E-state index >= 15 is 0 Å². The molecular formula is C7H8N4O4. The number of imide groups is 1. The van der Waals surface area contributed by atoms with Gasteiger partial charge >= 0.3 is 6.09 Å². The van der Waals surface area contributed by atoms with Crippen LogP contribution in [0.4, 0.5) is 4.79 Å². The molecule has 0 bridgehead atoms. The van der Waals surface area contributed by atoms with Crippen LogP contribution in [0.5, 0.6) is 0 Å². The Labute approximate surface area is 84.2 Å². The highest BCUT2D eigenvalue weighted by Gasteiger charge is 2.09. The summed E-state index contributed by atoms with van der Waals surface area (Å²) in [5.41, 5.74) is 0.112. The maximum atomic E-state index is 11.1. The molecule has 1 heterocycles. The molecule has 1 N–H and O–H groups in total. The van der Waals surface area contributed by atoms with Gasteiger partial charge in [-0.1, -0.05) is 5.21 Å². The third-order valence-electron chi connectivity index (χ3n) is 1.41. The summed E-state index contributed by atoms with van der Waals surface area (Å²) >= 11 is 0. The van der Waals surface area contributed by atoms with Gasteiger partial charge in [0.15, 0.2) is 6.29 Å². The summed E-state index contributed by atoms with van der Waals surface area (Å²) in [6.45, 7) is -0.212. The number of nitrogens with one attached hydrogen (secondary N) is 1. The molecule has 0 aliphatic carbocycles. The van der Waals surface area contributed by atoms with Crippen molar-refractivity contribution in [3.63, 3.8) is 0 Å². The fourth-order valence-corrected chi connectivity index (χ4v) is 0.796. The average Bonchev–Trinajstić information content (AvgIpc) is 2.65. The van der Waals surface area contributed by atoms with Gasteiger partial charge < -0.3 is 4.74 Å². The Kier molecular flexibility index (Phi) is 3.49. The third kappa shape index (κ3) is 3.18. The Bertz CT molecular complexity index is 386. The number of aromatic nitrogens is 3. The van der Waals surface area contributed by atoms with Crippen molar-refractivity contribution < 1.29 is 19.1 Å². The second kappa shape index (κ2) is 4.84. The number of aldehydes is 1. The van der Waals surface area contributed by atoms with Crippen LogP contribution in [-0.4, -0.2) is 40.4 Å². The molecule has 15 heavy (non-hydrogen) atoms. The number of hydrogen-bond acceptors (Lipinski definition) is 6. The quantitative estimate of drug-likeness (QED) is 0.643. The minimum Gasteiger partial charge on any atom is -0.453 e. The molecule has 1 aromatic rings. The maximum absolute atomic E-state index is 11.1. The molecule has 0 saturated heterocycles. The van der Waals surface area contributed by atoms with Crippen LogP contribution in [0.1, 0.15) is 10.5 Å². The van der Waals surface area contributed by atoms with Crippen LogP contribution in [-0.2, 0) is 16.1 Å². The van der Waals surface area contributed by atoms with E-state index in [9.17, 15) is 14.4 Å². The van der Waals surface area contributed by atoms with E-state index < -0.39 is 12.0 Å². The monoisotopic (exact) mass is 212 g/mol. The standard InChI is InChI=1S/C7H8N4O4/c1-15-7(14)8-6(13)3-11-2-5(4-12)9-10-11/h2,4H,3H2,1H3,(H,8,13,14). The Morgan fingerprint density at radius 3 is 2.93 bits per heavy atom. The highest BCUT2D eigenvalue weighted by Crippen LogP contribution is 1.88. The molecule has 0 aromatic carbocycles. The summed E-state index contributed by atoms with van der Waals surface area (Å²) in [7, 11) is 1.14. The van der Waals surface area contributed by atoms with Crippen LogP contribution in [0, 0.1) is 0 Å². The molecule has 0 atom stereocenters. The fourth-order valence-electron chi connectivity index (χ4n) is 0.796. The van der Waals surface area contributed by atoms with Crippen LogP contribution in [0.2, 0.25) is 0 Å². The van der Waals surface area contributed by atoms with Gasteiger partial charge in [0.2, 0.25) is 0 Å². The SMILES string of the molecule is COC(=O)NC(=O)Cn1cc(C=O)nn1. The number of alkyl carbamates (subject to hydrolysis) is 1. The number of nitrogens with zero attached hydrogens (tertiary/aromatic N) is 3. The normalized spacial score (nSPS) is 9.40. The van der Waals surface area contributed by atoms with Gasteiger partial charge in [-0.2, -0.15) is 0 Å². The lowest BCUT2D eigenvalue weighted by atomic mass is 10.5. The van der Waals surface area contributed by atoms with Gasteiger partial charge in [-0.05, 0) is 0 Å². The summed E-state index contributed by atoms with van der Waals surface area (Å²) in [5.74, 6) is -0.607. The number of methoxy groups -OCH3 is 1. The van der Waals surface area contributed by atoms with Gasteiger partial charge in [0, 0.05) is 0 Å². The predicted molar refractivity (Wildman–Crippen MR) is 46.0 cm³/mol. The zero-order valence-corrected chi connectivity index (χ0v) is 7.84. The minimum atomic E-state index is -0.851. The van der Waals surface area contributed by atoms with Gasteiger partial charge in [-0.25, -0.2) is 9.48 Å². The first-order chi connectivity index (χ1) is 7.15. The van der Waals surface area contributed by atoms with E-state index in [-0.39, 0.29) is 12.2 Å². The van der Waals surface area contributed by atoms with Crippen LogP contribution in [0.25, 0.3) is 0 Å². The molecule has 8 heteroatoms. The van der Waals surface area contributed by atoms with Crippen molar-refractivity contribution in [2.75, 3.05) is 7.11 Å². The molecule has 0 fully saturated rings. The summed E-state index contributed by atoms with van der Waals surface area (Å²) in [4.78, 5) is 31.9. The first kappa shape index (κ1) is 10.8. The van der Waals surface area contributed by atoms with E-state index in [2.05, 4.69) is 15.0 Å². The van der Waals surface area contributed by atoms with Crippen molar-refractivity contribution in [1.82, 2.24) is 20.3 Å². The molecule has 80 valence electrons. The van der Waals surface area contributed by atoms with Crippen molar-refractivity contribution >= 4 is 18.3 Å². The lowest BCUT2D eigenvalue weighted by molar-refractivity contribution is -0.121. The fraction of sp³-hybridized carbons (Fsp3) is 0.286. The van der Waals surface area contributed by atoms with E-state index in [1.54, 1.807) is 0 Å². The van der Waals surface area contributed by atoms with Gasteiger partial charge in [0.25, 0.3) is 5.91 Å². The predicted octanol–water partition coefficient (Wildman–Crippen LogP) is -1.03. The lowest BCUT2D eigenvalue weighted by Gasteiger charge is -2.01. The molecule has 0 unspecified atom stereocenters. The van der Waals surface area contributed by atoms with Gasteiger partial charge in [-0.15, -0.1) is 5.10 Å². The number of carbonyl (C=O) groups excluding carboxylic acids is 3. The number of rotatable bonds is 3. The largest absolute Gasteiger partial charge is 0.453 e. The summed E-state index contributed by atoms with van der Waals surface area (Å²) in [6, 6.07) is 0.